The van der Waals surface area contributed by atoms with E-state index >= 15 is 0 Å². The maximum atomic E-state index is 13.2. The van der Waals surface area contributed by atoms with Crippen LogP contribution in [0, 0.1) is 15.5 Å². The molecule has 2 nitrogen and oxygen atoms in total. The minimum absolute atomic E-state index is 0.0716. The van der Waals surface area contributed by atoms with Crippen LogP contribution in [-0.4, -0.2) is 15.7 Å². The maximum Gasteiger partial charge on any atom is 0.248 e. The summed E-state index contributed by atoms with van der Waals surface area (Å²) in [5.74, 6) is -1.71. The Bertz CT molecular complexity index is 441. The molecule has 0 aromatic carbocycles. The monoisotopic (exact) mass is 352 g/mol. The molecule has 0 N–H and O–H groups in total. The first-order chi connectivity index (χ1) is 7.89. The van der Waals surface area contributed by atoms with Gasteiger partial charge in [-0.3, -0.25) is 4.68 Å². The molecule has 94 valence electrons. The summed E-state index contributed by atoms with van der Waals surface area (Å²) in [7, 11) is 0. The Morgan fingerprint density at radius 2 is 2.00 bits per heavy atom. The summed E-state index contributed by atoms with van der Waals surface area (Å²) in [6.45, 7) is 4.17. The third kappa shape index (κ3) is 1.90. The van der Waals surface area contributed by atoms with Gasteiger partial charge in [-0.2, -0.15) is 5.10 Å². The minimum atomic E-state index is -2.42. The lowest BCUT2D eigenvalue weighted by molar-refractivity contribution is -0.00554. The predicted octanol–water partition coefficient (Wildman–Crippen LogP) is 3.83. The predicted molar refractivity (Wildman–Crippen MR) is 69.2 cm³/mol. The molecule has 0 spiro atoms. The molecular formula is C12H15F2IN2. The van der Waals surface area contributed by atoms with Gasteiger partial charge in [0.1, 0.15) is 3.70 Å². The molecule has 2 aliphatic carbocycles. The molecule has 17 heavy (non-hydrogen) atoms. The molecular weight excluding hydrogens is 337 g/mol. The van der Waals surface area contributed by atoms with E-state index in [0.717, 1.165) is 9.39 Å². The smallest absolute Gasteiger partial charge is 0.248 e. The summed E-state index contributed by atoms with van der Waals surface area (Å²) < 4.78 is 29.3. The molecule has 2 saturated carbocycles. The van der Waals surface area contributed by atoms with Gasteiger partial charge in [-0.1, -0.05) is 0 Å². The van der Waals surface area contributed by atoms with Gasteiger partial charge in [0.2, 0.25) is 5.92 Å². The SMILES string of the molecule is CC(C)n1nc(I)cc1C1C2CC(F)(F)CC21. The molecule has 0 aliphatic heterocycles. The molecule has 0 amide bonds. The van der Waals surface area contributed by atoms with Crippen LogP contribution in [0.5, 0.6) is 0 Å². The summed E-state index contributed by atoms with van der Waals surface area (Å²) in [6.07, 6.45) is 0.143. The van der Waals surface area contributed by atoms with Crippen molar-refractivity contribution in [3.63, 3.8) is 0 Å². The number of alkyl halides is 2. The first-order valence-corrected chi connectivity index (χ1v) is 7.10. The molecule has 1 aromatic heterocycles. The Morgan fingerprint density at radius 3 is 2.53 bits per heavy atom. The van der Waals surface area contributed by atoms with Crippen LogP contribution < -0.4 is 0 Å². The lowest BCUT2D eigenvalue weighted by atomic mass is 10.1. The van der Waals surface area contributed by atoms with Crippen LogP contribution in [0.2, 0.25) is 0 Å². The van der Waals surface area contributed by atoms with Gasteiger partial charge in [0.15, 0.2) is 0 Å². The number of aromatic nitrogens is 2. The van der Waals surface area contributed by atoms with Crippen LogP contribution >= 0.6 is 22.6 Å². The summed E-state index contributed by atoms with van der Waals surface area (Å²) >= 11 is 2.19. The Morgan fingerprint density at radius 1 is 1.41 bits per heavy atom. The van der Waals surface area contributed by atoms with Crippen molar-refractivity contribution in [1.82, 2.24) is 9.78 Å². The van der Waals surface area contributed by atoms with Crippen molar-refractivity contribution < 1.29 is 8.78 Å². The van der Waals surface area contributed by atoms with Crippen LogP contribution in [0.15, 0.2) is 6.07 Å². The Kier molecular flexibility index (Phi) is 2.55. The highest BCUT2D eigenvalue weighted by Crippen LogP contribution is 2.67. The van der Waals surface area contributed by atoms with Gasteiger partial charge in [0.25, 0.3) is 0 Å². The number of hydrogen-bond donors (Lipinski definition) is 0. The third-order valence-electron chi connectivity index (χ3n) is 3.97. The first-order valence-electron chi connectivity index (χ1n) is 6.02. The lowest BCUT2D eigenvalue weighted by Crippen LogP contribution is -2.15. The van der Waals surface area contributed by atoms with E-state index in [9.17, 15) is 8.78 Å². The molecule has 3 rings (SSSR count). The Hall–Kier alpha value is -0.200. The van der Waals surface area contributed by atoms with E-state index in [-0.39, 0.29) is 24.7 Å². The molecule has 0 radical (unpaired) electrons. The van der Waals surface area contributed by atoms with Gasteiger partial charge in [0.05, 0.1) is 0 Å². The first kappa shape index (κ1) is 11.9. The third-order valence-corrected chi connectivity index (χ3v) is 4.49. The van der Waals surface area contributed by atoms with Crippen molar-refractivity contribution in [2.45, 2.75) is 44.6 Å². The zero-order chi connectivity index (χ0) is 12.4. The average molecular weight is 352 g/mol. The van der Waals surface area contributed by atoms with Gasteiger partial charge in [-0.25, -0.2) is 8.78 Å². The fourth-order valence-electron chi connectivity index (χ4n) is 3.25. The van der Waals surface area contributed by atoms with Crippen molar-refractivity contribution in [2.75, 3.05) is 0 Å². The van der Waals surface area contributed by atoms with Crippen LogP contribution in [0.4, 0.5) is 8.78 Å². The highest BCUT2D eigenvalue weighted by Gasteiger charge is 2.64. The molecule has 2 unspecified atom stereocenters. The van der Waals surface area contributed by atoms with E-state index in [4.69, 9.17) is 0 Å². The number of fused-ring (bicyclic) bond motifs is 1. The normalized spacial score (nSPS) is 34.1. The molecule has 2 fully saturated rings. The van der Waals surface area contributed by atoms with Crippen molar-refractivity contribution in [1.29, 1.82) is 0 Å². The van der Waals surface area contributed by atoms with E-state index in [1.54, 1.807) is 0 Å². The van der Waals surface area contributed by atoms with Gasteiger partial charge in [0, 0.05) is 30.5 Å². The zero-order valence-electron chi connectivity index (χ0n) is 9.83. The Balaban J connectivity index is 1.85. The molecule has 0 saturated heterocycles. The van der Waals surface area contributed by atoms with E-state index in [2.05, 4.69) is 47.6 Å². The number of halogens is 3. The van der Waals surface area contributed by atoms with Gasteiger partial charge < -0.3 is 0 Å². The van der Waals surface area contributed by atoms with E-state index < -0.39 is 5.92 Å². The molecule has 2 aliphatic rings. The van der Waals surface area contributed by atoms with Crippen molar-refractivity contribution in [2.24, 2.45) is 11.8 Å². The second kappa shape index (κ2) is 3.65. The van der Waals surface area contributed by atoms with Crippen LogP contribution in [0.25, 0.3) is 0 Å². The number of nitrogens with zero attached hydrogens (tertiary/aromatic N) is 2. The summed E-state index contributed by atoms with van der Waals surface area (Å²) in [5, 5.41) is 4.45. The quantitative estimate of drug-likeness (QED) is 0.740. The average Bonchev–Trinajstić information content (AvgIpc) is 2.57. The zero-order valence-corrected chi connectivity index (χ0v) is 12.0. The Labute approximate surface area is 113 Å². The fraction of sp³-hybridized carbons (Fsp3) is 0.750. The van der Waals surface area contributed by atoms with E-state index in [1.807, 2.05) is 4.68 Å². The maximum absolute atomic E-state index is 13.2. The number of rotatable bonds is 2. The molecule has 0 bridgehead atoms. The highest BCUT2D eigenvalue weighted by molar-refractivity contribution is 14.1. The minimum Gasteiger partial charge on any atom is -0.266 e. The number of hydrogen-bond acceptors (Lipinski definition) is 1. The second-order valence-electron chi connectivity index (χ2n) is 5.55. The largest absolute Gasteiger partial charge is 0.266 e. The standard InChI is InChI=1S/C12H15F2IN2/c1-6(2)17-9(3-10(15)16-17)11-7-4-12(13,14)5-8(7)11/h3,6-8,11H,4-5H2,1-2H3. The topological polar surface area (TPSA) is 17.8 Å². The van der Waals surface area contributed by atoms with E-state index in [1.165, 1.54) is 0 Å². The van der Waals surface area contributed by atoms with Crippen LogP contribution in [0.3, 0.4) is 0 Å². The van der Waals surface area contributed by atoms with Crippen LogP contribution in [-0.2, 0) is 0 Å². The van der Waals surface area contributed by atoms with Gasteiger partial charge in [-0.05, 0) is 54.3 Å². The van der Waals surface area contributed by atoms with Gasteiger partial charge in [-0.15, -0.1) is 0 Å². The lowest BCUT2D eigenvalue weighted by Gasteiger charge is -2.15. The van der Waals surface area contributed by atoms with Crippen LogP contribution in [0.1, 0.15) is 44.3 Å². The van der Waals surface area contributed by atoms with E-state index in [0.29, 0.717) is 12.0 Å². The molecule has 1 heterocycles. The van der Waals surface area contributed by atoms with Crippen molar-refractivity contribution in [3.8, 4) is 0 Å². The highest BCUT2D eigenvalue weighted by atomic mass is 127. The summed E-state index contributed by atoms with van der Waals surface area (Å²) in [5.41, 5.74) is 1.16. The van der Waals surface area contributed by atoms with Crippen molar-refractivity contribution in [3.05, 3.63) is 15.5 Å². The fourth-order valence-corrected chi connectivity index (χ4v) is 3.81. The second-order valence-corrected chi connectivity index (χ2v) is 6.65. The van der Waals surface area contributed by atoms with Gasteiger partial charge >= 0.3 is 0 Å². The summed E-state index contributed by atoms with van der Waals surface area (Å²) in [6, 6.07) is 2.36. The molecule has 1 aromatic rings. The van der Waals surface area contributed by atoms with Crippen molar-refractivity contribution >= 4 is 22.6 Å². The molecule has 2 atom stereocenters. The summed E-state index contributed by atoms with van der Waals surface area (Å²) in [4.78, 5) is 0. The molecule has 5 heteroatoms.